The number of pyridine rings is 2. The van der Waals surface area contributed by atoms with Crippen LogP contribution in [0.3, 0.4) is 0 Å². The standard InChI is InChI=1S/C29H26F2N4O4/c30-20-6-4-18(5-7-20)15-19-16-23-26(33-17-19)27(37)25(29(39)35(23)22-10-8-21(31)9-11-22)28(38)32-12-2-14-34-13-1-3-24(34)36/h4-11,16-17,37H,1-3,12-15H2,(H,32,38). The number of nitrogens with one attached hydrogen (secondary N) is 1. The van der Waals surface area contributed by atoms with Crippen LogP contribution in [-0.2, 0) is 11.2 Å². The maximum Gasteiger partial charge on any atom is 0.272 e. The number of halogens is 2. The van der Waals surface area contributed by atoms with Crippen molar-refractivity contribution >= 4 is 22.8 Å². The number of hydrogen-bond acceptors (Lipinski definition) is 5. The van der Waals surface area contributed by atoms with Gasteiger partial charge in [0.25, 0.3) is 11.5 Å². The summed E-state index contributed by atoms with van der Waals surface area (Å²) in [4.78, 5) is 44.6. The van der Waals surface area contributed by atoms with Crippen molar-refractivity contribution in [2.45, 2.75) is 25.7 Å². The molecule has 1 saturated heterocycles. The second-order valence-electron chi connectivity index (χ2n) is 9.45. The molecular weight excluding hydrogens is 506 g/mol. The highest BCUT2D eigenvalue weighted by molar-refractivity contribution is 6.01. The van der Waals surface area contributed by atoms with Crippen molar-refractivity contribution in [3.8, 4) is 11.4 Å². The van der Waals surface area contributed by atoms with E-state index in [-0.39, 0.29) is 35.0 Å². The Bertz CT molecular complexity index is 1600. The average molecular weight is 533 g/mol. The first-order chi connectivity index (χ1) is 18.8. The number of hydrogen-bond donors (Lipinski definition) is 2. The third-order valence-corrected chi connectivity index (χ3v) is 6.74. The summed E-state index contributed by atoms with van der Waals surface area (Å²) < 4.78 is 28.2. The molecule has 0 aliphatic carbocycles. The highest BCUT2D eigenvalue weighted by atomic mass is 19.1. The molecule has 4 aromatic rings. The normalized spacial score (nSPS) is 13.3. The van der Waals surface area contributed by atoms with Crippen LogP contribution < -0.4 is 10.9 Å². The third-order valence-electron chi connectivity index (χ3n) is 6.74. The van der Waals surface area contributed by atoms with Crippen molar-refractivity contribution in [2.24, 2.45) is 0 Å². The highest BCUT2D eigenvalue weighted by Gasteiger charge is 2.25. The molecule has 8 nitrogen and oxygen atoms in total. The van der Waals surface area contributed by atoms with Crippen LogP contribution in [0.2, 0.25) is 0 Å². The second kappa shape index (κ2) is 11.0. The van der Waals surface area contributed by atoms with Gasteiger partial charge in [-0.15, -0.1) is 0 Å². The van der Waals surface area contributed by atoms with Crippen LogP contribution in [0.4, 0.5) is 8.78 Å². The van der Waals surface area contributed by atoms with Gasteiger partial charge in [0.1, 0.15) is 22.7 Å². The molecule has 2 amide bonds. The van der Waals surface area contributed by atoms with Crippen LogP contribution in [-0.4, -0.2) is 51.0 Å². The zero-order chi connectivity index (χ0) is 27.5. The summed E-state index contributed by atoms with van der Waals surface area (Å²) in [7, 11) is 0. The van der Waals surface area contributed by atoms with Gasteiger partial charge < -0.3 is 15.3 Å². The van der Waals surface area contributed by atoms with Crippen LogP contribution in [0.25, 0.3) is 16.7 Å². The van der Waals surface area contributed by atoms with E-state index in [4.69, 9.17) is 0 Å². The molecule has 39 heavy (non-hydrogen) atoms. The quantitative estimate of drug-likeness (QED) is 0.337. The maximum absolute atomic E-state index is 13.7. The molecule has 0 atom stereocenters. The Morgan fingerprint density at radius 2 is 1.69 bits per heavy atom. The maximum atomic E-state index is 13.7. The van der Waals surface area contributed by atoms with Gasteiger partial charge in [-0.3, -0.25) is 23.9 Å². The van der Waals surface area contributed by atoms with Crippen molar-refractivity contribution in [2.75, 3.05) is 19.6 Å². The van der Waals surface area contributed by atoms with E-state index in [1.54, 1.807) is 23.1 Å². The lowest BCUT2D eigenvalue weighted by Gasteiger charge is -2.17. The molecule has 0 unspecified atom stereocenters. The number of aromatic nitrogens is 2. The van der Waals surface area contributed by atoms with Gasteiger partial charge in [0.15, 0.2) is 5.75 Å². The minimum Gasteiger partial charge on any atom is -0.505 e. The summed E-state index contributed by atoms with van der Waals surface area (Å²) >= 11 is 0. The third kappa shape index (κ3) is 5.50. The van der Waals surface area contributed by atoms with Crippen LogP contribution >= 0.6 is 0 Å². The van der Waals surface area contributed by atoms with E-state index in [0.29, 0.717) is 37.9 Å². The number of fused-ring (bicyclic) bond motifs is 1. The number of aromatic hydroxyl groups is 1. The molecule has 200 valence electrons. The van der Waals surface area contributed by atoms with E-state index in [1.807, 2.05) is 0 Å². The van der Waals surface area contributed by atoms with Gasteiger partial charge in [-0.05, 0) is 72.9 Å². The lowest BCUT2D eigenvalue weighted by atomic mass is 10.0. The molecule has 0 saturated carbocycles. The fourth-order valence-corrected chi connectivity index (χ4v) is 4.78. The fourth-order valence-electron chi connectivity index (χ4n) is 4.78. The van der Waals surface area contributed by atoms with Crippen molar-refractivity contribution in [1.29, 1.82) is 0 Å². The van der Waals surface area contributed by atoms with Gasteiger partial charge in [-0.25, -0.2) is 8.78 Å². The van der Waals surface area contributed by atoms with Gasteiger partial charge in [0.2, 0.25) is 5.91 Å². The van der Waals surface area contributed by atoms with E-state index < -0.39 is 28.6 Å². The number of rotatable bonds is 8. The Morgan fingerprint density at radius 1 is 1.00 bits per heavy atom. The molecule has 2 aromatic heterocycles. The first-order valence-corrected chi connectivity index (χ1v) is 12.6. The van der Waals surface area contributed by atoms with Gasteiger partial charge in [0, 0.05) is 37.9 Å². The van der Waals surface area contributed by atoms with Crippen LogP contribution in [0.5, 0.6) is 5.75 Å². The fraction of sp³-hybridized carbons (Fsp3) is 0.241. The monoisotopic (exact) mass is 532 g/mol. The molecule has 1 aliphatic rings. The molecular formula is C29H26F2N4O4. The van der Waals surface area contributed by atoms with Crippen LogP contribution in [0, 0.1) is 11.6 Å². The first-order valence-electron chi connectivity index (χ1n) is 12.6. The summed E-state index contributed by atoms with van der Waals surface area (Å²) in [6, 6.07) is 12.8. The smallest absolute Gasteiger partial charge is 0.272 e. The predicted octanol–water partition coefficient (Wildman–Crippen LogP) is 3.70. The lowest BCUT2D eigenvalue weighted by molar-refractivity contribution is -0.127. The summed E-state index contributed by atoms with van der Waals surface area (Å²) in [5.74, 6) is -2.12. The van der Waals surface area contributed by atoms with E-state index in [9.17, 15) is 28.3 Å². The van der Waals surface area contributed by atoms with E-state index >= 15 is 0 Å². The lowest BCUT2D eigenvalue weighted by Crippen LogP contribution is -2.35. The van der Waals surface area contributed by atoms with E-state index in [0.717, 1.165) is 12.0 Å². The van der Waals surface area contributed by atoms with Crippen LogP contribution in [0.1, 0.15) is 40.7 Å². The number of nitrogens with zero attached hydrogens (tertiary/aromatic N) is 3. The number of likely N-dealkylation sites (tertiary alicyclic amines) is 1. The molecule has 5 rings (SSSR count). The molecule has 10 heteroatoms. The Balaban J connectivity index is 1.50. The van der Waals surface area contributed by atoms with Crippen molar-refractivity contribution in [3.63, 3.8) is 0 Å². The summed E-state index contributed by atoms with van der Waals surface area (Å²) in [5, 5.41) is 13.7. The highest BCUT2D eigenvalue weighted by Crippen LogP contribution is 2.28. The summed E-state index contributed by atoms with van der Waals surface area (Å²) in [5.41, 5.74) is 0.750. The van der Waals surface area contributed by atoms with Crippen molar-refractivity contribution < 1.29 is 23.5 Å². The predicted molar refractivity (Wildman–Crippen MR) is 141 cm³/mol. The number of benzene rings is 2. The topological polar surface area (TPSA) is 105 Å². The largest absolute Gasteiger partial charge is 0.505 e. The molecule has 1 fully saturated rings. The number of carbonyl (C=O) groups excluding carboxylic acids is 2. The Labute approximate surface area is 222 Å². The Hall–Kier alpha value is -4.60. The minimum absolute atomic E-state index is 0.0228. The van der Waals surface area contributed by atoms with Crippen molar-refractivity contribution in [1.82, 2.24) is 19.8 Å². The first kappa shape index (κ1) is 26.0. The van der Waals surface area contributed by atoms with E-state index in [2.05, 4.69) is 10.3 Å². The molecule has 0 bridgehead atoms. The molecule has 0 radical (unpaired) electrons. The molecule has 2 N–H and O–H groups in total. The molecule has 3 heterocycles. The van der Waals surface area contributed by atoms with Gasteiger partial charge in [0.05, 0.1) is 5.52 Å². The second-order valence-corrected chi connectivity index (χ2v) is 9.45. The Kier molecular flexibility index (Phi) is 7.36. The molecule has 0 spiro atoms. The van der Waals surface area contributed by atoms with E-state index in [1.165, 1.54) is 47.2 Å². The zero-order valence-electron chi connectivity index (χ0n) is 21.0. The number of amides is 2. The SMILES string of the molecule is O=C(NCCCN1CCCC1=O)c1c(O)c2ncc(Cc3ccc(F)cc3)cc2n(-c2ccc(F)cc2)c1=O. The minimum atomic E-state index is -0.792. The average Bonchev–Trinajstić information content (AvgIpc) is 3.33. The Morgan fingerprint density at radius 3 is 2.36 bits per heavy atom. The van der Waals surface area contributed by atoms with Crippen molar-refractivity contribution in [3.05, 3.63) is 99.5 Å². The molecule has 1 aliphatic heterocycles. The molecule has 2 aromatic carbocycles. The van der Waals surface area contributed by atoms with Crippen LogP contribution in [0.15, 0.2) is 65.6 Å². The summed E-state index contributed by atoms with van der Waals surface area (Å²) in [6.45, 7) is 1.37. The van der Waals surface area contributed by atoms with Gasteiger partial charge >= 0.3 is 0 Å². The van der Waals surface area contributed by atoms with Gasteiger partial charge in [-0.1, -0.05) is 12.1 Å². The number of carbonyl (C=O) groups is 2. The summed E-state index contributed by atoms with van der Waals surface area (Å²) in [6.07, 6.45) is 3.72. The zero-order valence-corrected chi connectivity index (χ0v) is 21.0. The van der Waals surface area contributed by atoms with Gasteiger partial charge in [-0.2, -0.15) is 0 Å².